The van der Waals surface area contributed by atoms with E-state index in [-0.39, 0.29) is 41.8 Å². The monoisotopic (exact) mass is 651 g/mol. The number of anilines is 2. The Kier molecular flexibility index (Phi) is 6.77. The first kappa shape index (κ1) is 29.4. The van der Waals surface area contributed by atoms with E-state index in [1.165, 1.54) is 4.90 Å². The number of fused-ring (bicyclic) bond motifs is 3. The number of nitrogens with zero attached hydrogens (tertiary/aromatic N) is 7. The number of carboxylic acids is 1. The average molecular weight is 652 g/mol. The molecule has 7 heterocycles. The van der Waals surface area contributed by atoms with Crippen LogP contribution in [0.2, 0.25) is 0 Å². The van der Waals surface area contributed by atoms with E-state index in [4.69, 9.17) is 18.6 Å². The second-order valence-corrected chi connectivity index (χ2v) is 11.9. The topological polar surface area (TPSA) is 141 Å². The van der Waals surface area contributed by atoms with Gasteiger partial charge in [-0.3, -0.25) is 0 Å². The Hall–Kier alpha value is -4.96. The fourth-order valence-corrected chi connectivity index (χ4v) is 6.58. The lowest BCUT2D eigenvalue weighted by molar-refractivity contribution is -0.228. The molecule has 5 aromatic rings. The Morgan fingerprint density at radius 3 is 2.70 bits per heavy atom. The Morgan fingerprint density at radius 2 is 1.98 bits per heavy atom. The molecule has 3 fully saturated rings. The minimum absolute atomic E-state index is 0.0383. The summed E-state index contributed by atoms with van der Waals surface area (Å²) >= 11 is 0. The fraction of sp³-hybridized carbons (Fsp3) is 0.387. The Morgan fingerprint density at radius 1 is 1.15 bits per heavy atom. The summed E-state index contributed by atoms with van der Waals surface area (Å²) in [4.78, 5) is 28.2. The van der Waals surface area contributed by atoms with Crippen molar-refractivity contribution in [3.8, 4) is 11.6 Å². The van der Waals surface area contributed by atoms with Gasteiger partial charge in [0.15, 0.2) is 11.4 Å². The summed E-state index contributed by atoms with van der Waals surface area (Å²) < 4.78 is 67.7. The molecule has 3 aliphatic heterocycles. The third-order valence-corrected chi connectivity index (χ3v) is 9.09. The number of hydrogen-bond donors (Lipinski definition) is 1. The SMILES string of the molecule is C[C@@H]1N(c2cc(-n3cccn3)cnc2O[C@H]2C[C@@H](C(=O)O)N(c3nc(C(F)(F)F)nc4c3oc3ccccc34)C2)CCOC12COC2. The average Bonchev–Trinajstić information content (AvgIpc) is 3.79. The van der Waals surface area contributed by atoms with Crippen LogP contribution >= 0.6 is 0 Å². The highest BCUT2D eigenvalue weighted by atomic mass is 19.4. The molecule has 3 atom stereocenters. The van der Waals surface area contributed by atoms with Crippen LogP contribution in [0, 0.1) is 0 Å². The molecule has 0 unspecified atom stereocenters. The van der Waals surface area contributed by atoms with Gasteiger partial charge >= 0.3 is 12.1 Å². The zero-order chi connectivity index (χ0) is 32.5. The molecule has 1 N–H and O–H groups in total. The minimum atomic E-state index is -4.89. The van der Waals surface area contributed by atoms with Crippen molar-refractivity contribution in [3.63, 3.8) is 0 Å². The molecule has 1 aromatic carbocycles. The Balaban J connectivity index is 1.18. The third-order valence-electron chi connectivity index (χ3n) is 9.09. The molecule has 3 saturated heterocycles. The second kappa shape index (κ2) is 10.8. The molecule has 13 nitrogen and oxygen atoms in total. The van der Waals surface area contributed by atoms with E-state index in [9.17, 15) is 23.1 Å². The van der Waals surface area contributed by atoms with Gasteiger partial charge in [-0.1, -0.05) is 12.1 Å². The van der Waals surface area contributed by atoms with Crippen molar-refractivity contribution < 1.29 is 41.7 Å². The van der Waals surface area contributed by atoms with Crippen LogP contribution in [-0.2, 0) is 20.4 Å². The van der Waals surface area contributed by atoms with Crippen molar-refractivity contribution >= 4 is 39.5 Å². The maximum atomic E-state index is 14.0. The predicted octanol–water partition coefficient (Wildman–Crippen LogP) is 4.08. The summed E-state index contributed by atoms with van der Waals surface area (Å²) in [5, 5.41) is 14.9. The van der Waals surface area contributed by atoms with Gasteiger partial charge < -0.3 is 33.5 Å². The predicted molar refractivity (Wildman–Crippen MR) is 160 cm³/mol. The van der Waals surface area contributed by atoms with Crippen molar-refractivity contribution in [2.24, 2.45) is 0 Å². The number of ether oxygens (including phenoxy) is 3. The lowest BCUT2D eigenvalue weighted by Crippen LogP contribution is -2.68. The highest BCUT2D eigenvalue weighted by molar-refractivity contribution is 6.06. The summed E-state index contributed by atoms with van der Waals surface area (Å²) in [5.74, 6) is -2.67. The van der Waals surface area contributed by atoms with Gasteiger partial charge in [-0.05, 0) is 31.2 Å². The molecule has 3 aliphatic rings. The van der Waals surface area contributed by atoms with Crippen LogP contribution in [-0.4, -0.2) is 92.5 Å². The van der Waals surface area contributed by atoms with Gasteiger partial charge in [-0.2, -0.15) is 18.3 Å². The quantitative estimate of drug-likeness (QED) is 0.283. The highest BCUT2D eigenvalue weighted by Gasteiger charge is 2.50. The molecule has 16 heteroatoms. The number of aromatic nitrogens is 5. The Labute approximate surface area is 264 Å². The van der Waals surface area contributed by atoms with Crippen molar-refractivity contribution in [2.45, 2.75) is 43.3 Å². The van der Waals surface area contributed by atoms with Crippen molar-refractivity contribution in [2.75, 3.05) is 42.7 Å². The standard InChI is InChI=1S/C31H28F3N7O6/c1-17-30(15-44-16-30)45-10-9-39(17)21-11-18(41-8-4-7-36-41)13-35-27(21)46-19-12-22(28(42)43)40(14-19)26-25-24(37-29(38-26)31(32,33)34)20-5-2-3-6-23(20)47-25/h2-8,11,13,17,19,22H,9-10,12,14-16H2,1H3,(H,42,43)/t17-,19-,22-/m0/s1. The normalized spacial score (nSPS) is 22.7. The number of pyridine rings is 1. The van der Waals surface area contributed by atoms with Crippen LogP contribution in [0.5, 0.6) is 5.88 Å². The van der Waals surface area contributed by atoms with E-state index >= 15 is 0 Å². The number of hydrogen-bond acceptors (Lipinski definition) is 11. The molecular formula is C31H28F3N7O6. The maximum Gasteiger partial charge on any atom is 0.451 e. The fourth-order valence-electron chi connectivity index (χ4n) is 6.58. The number of morpholine rings is 1. The smallest absolute Gasteiger partial charge is 0.451 e. The number of halogens is 3. The van der Waals surface area contributed by atoms with E-state index in [0.29, 0.717) is 48.7 Å². The molecule has 8 rings (SSSR count). The lowest BCUT2D eigenvalue weighted by Gasteiger charge is -2.53. The number of aliphatic carboxylic acids is 1. The van der Waals surface area contributed by atoms with Crippen LogP contribution < -0.4 is 14.5 Å². The molecule has 0 saturated carbocycles. The van der Waals surface area contributed by atoms with Crippen molar-refractivity contribution in [1.29, 1.82) is 0 Å². The van der Waals surface area contributed by atoms with Crippen molar-refractivity contribution in [1.82, 2.24) is 24.7 Å². The second-order valence-electron chi connectivity index (χ2n) is 11.9. The number of alkyl halides is 3. The molecule has 0 radical (unpaired) electrons. The van der Waals surface area contributed by atoms with E-state index < -0.39 is 35.7 Å². The highest BCUT2D eigenvalue weighted by Crippen LogP contribution is 2.42. The zero-order valence-electron chi connectivity index (χ0n) is 24.9. The van der Waals surface area contributed by atoms with E-state index in [0.717, 1.165) is 0 Å². The van der Waals surface area contributed by atoms with Gasteiger partial charge in [-0.15, -0.1) is 0 Å². The van der Waals surface area contributed by atoms with Gasteiger partial charge in [-0.25, -0.2) is 24.4 Å². The summed E-state index contributed by atoms with van der Waals surface area (Å²) in [5.41, 5.74) is 1.04. The van der Waals surface area contributed by atoms with Crippen LogP contribution in [0.25, 0.3) is 27.8 Å². The van der Waals surface area contributed by atoms with E-state index in [1.807, 2.05) is 13.0 Å². The van der Waals surface area contributed by atoms with Gasteiger partial charge in [0, 0.05) is 30.7 Å². The molecule has 0 aliphatic carbocycles. The first-order valence-electron chi connectivity index (χ1n) is 15.0. The number of carbonyl (C=O) groups is 1. The molecule has 47 heavy (non-hydrogen) atoms. The number of para-hydroxylation sites is 1. The summed E-state index contributed by atoms with van der Waals surface area (Å²) in [6.45, 7) is 3.80. The first-order valence-corrected chi connectivity index (χ1v) is 15.0. The molecule has 0 bridgehead atoms. The largest absolute Gasteiger partial charge is 0.480 e. The van der Waals surface area contributed by atoms with E-state index in [1.54, 1.807) is 53.6 Å². The lowest BCUT2D eigenvalue weighted by atomic mass is 9.90. The summed E-state index contributed by atoms with van der Waals surface area (Å²) in [6.07, 6.45) is -0.689. The third kappa shape index (κ3) is 4.90. The van der Waals surface area contributed by atoms with Gasteiger partial charge in [0.25, 0.3) is 0 Å². The molecule has 0 amide bonds. The number of rotatable bonds is 6. The Bertz CT molecular complexity index is 1980. The summed E-state index contributed by atoms with van der Waals surface area (Å²) in [6, 6.07) is 8.83. The van der Waals surface area contributed by atoms with Crippen LogP contribution in [0.3, 0.4) is 0 Å². The number of furan rings is 1. The molecule has 244 valence electrons. The van der Waals surface area contributed by atoms with Crippen LogP contribution in [0.4, 0.5) is 24.7 Å². The van der Waals surface area contributed by atoms with Gasteiger partial charge in [0.05, 0.1) is 44.3 Å². The number of carboxylic acid groups (broad SMARTS) is 1. The number of benzene rings is 1. The van der Waals surface area contributed by atoms with Crippen LogP contribution in [0.15, 0.2) is 59.4 Å². The summed E-state index contributed by atoms with van der Waals surface area (Å²) in [7, 11) is 0. The van der Waals surface area contributed by atoms with Gasteiger partial charge in [0.1, 0.15) is 34.5 Å². The molecule has 1 spiro atoms. The van der Waals surface area contributed by atoms with E-state index in [2.05, 4.69) is 25.0 Å². The minimum Gasteiger partial charge on any atom is -0.480 e. The van der Waals surface area contributed by atoms with Crippen molar-refractivity contribution in [3.05, 3.63) is 60.8 Å². The maximum absolute atomic E-state index is 14.0. The van der Waals surface area contributed by atoms with Crippen LogP contribution in [0.1, 0.15) is 19.2 Å². The molecule has 4 aromatic heterocycles. The first-order chi connectivity index (χ1) is 22.6. The molecular weight excluding hydrogens is 623 g/mol. The zero-order valence-corrected chi connectivity index (χ0v) is 24.9. The van der Waals surface area contributed by atoms with Gasteiger partial charge in [0.2, 0.25) is 11.7 Å².